The number of Topliss-reactive ketones (excluding diaryl/α,β-unsaturated/α-hetero) is 1. The first-order valence-electron chi connectivity index (χ1n) is 9.86. The summed E-state index contributed by atoms with van der Waals surface area (Å²) in [6.07, 6.45) is 1.65. The maximum absolute atomic E-state index is 13.6. The number of carbonyl (C=O) groups is 2. The van der Waals surface area contributed by atoms with E-state index in [9.17, 15) is 14.7 Å². The molecule has 5 rings (SSSR count). The van der Waals surface area contributed by atoms with Gasteiger partial charge in [-0.15, -0.1) is 11.3 Å². The third-order valence-corrected chi connectivity index (χ3v) is 7.02. The number of benzene rings is 1. The highest BCUT2D eigenvalue weighted by atomic mass is 79.9. The monoisotopic (exact) mass is 508 g/mol. The van der Waals surface area contributed by atoms with E-state index < -0.39 is 23.5 Å². The van der Waals surface area contributed by atoms with Crippen molar-refractivity contribution in [3.05, 3.63) is 97.8 Å². The first-order chi connectivity index (χ1) is 15.4. The second kappa shape index (κ2) is 8.03. The second-order valence-electron chi connectivity index (χ2n) is 7.51. The van der Waals surface area contributed by atoms with Crippen LogP contribution >= 0.6 is 27.3 Å². The highest BCUT2D eigenvalue weighted by molar-refractivity contribution is 9.10. The lowest BCUT2D eigenvalue weighted by atomic mass is 9.98. The van der Waals surface area contributed by atoms with Crippen molar-refractivity contribution in [1.82, 2.24) is 9.88 Å². The molecule has 1 atom stereocenters. The van der Waals surface area contributed by atoms with Crippen molar-refractivity contribution in [2.45, 2.75) is 19.5 Å². The molecule has 4 aromatic rings. The lowest BCUT2D eigenvalue weighted by Crippen LogP contribution is -2.30. The van der Waals surface area contributed by atoms with E-state index in [-0.39, 0.29) is 17.9 Å². The predicted octanol–water partition coefficient (Wildman–Crippen LogP) is 5.74. The zero-order valence-electron chi connectivity index (χ0n) is 16.9. The van der Waals surface area contributed by atoms with Crippen molar-refractivity contribution in [3.63, 3.8) is 0 Å². The van der Waals surface area contributed by atoms with Gasteiger partial charge in [0.1, 0.15) is 11.6 Å². The Kier molecular flexibility index (Phi) is 5.19. The molecule has 0 radical (unpaired) electrons. The molecule has 0 fully saturated rings. The summed E-state index contributed by atoms with van der Waals surface area (Å²) in [5, 5.41) is 13.5. The van der Waals surface area contributed by atoms with Gasteiger partial charge >= 0.3 is 0 Å². The van der Waals surface area contributed by atoms with Crippen LogP contribution < -0.4 is 0 Å². The van der Waals surface area contributed by atoms with E-state index in [1.54, 1.807) is 30.5 Å². The van der Waals surface area contributed by atoms with Gasteiger partial charge in [-0.1, -0.05) is 22.0 Å². The van der Waals surface area contributed by atoms with Crippen LogP contribution in [-0.2, 0) is 11.3 Å². The first-order valence-corrected chi connectivity index (χ1v) is 11.5. The molecular weight excluding hydrogens is 492 g/mol. The summed E-state index contributed by atoms with van der Waals surface area (Å²) in [7, 11) is 0. The van der Waals surface area contributed by atoms with Crippen molar-refractivity contribution in [3.8, 4) is 0 Å². The number of nitrogens with zero attached hydrogens (tertiary/aromatic N) is 2. The van der Waals surface area contributed by atoms with Gasteiger partial charge in [0.15, 0.2) is 11.5 Å². The molecule has 1 aliphatic heterocycles. The Balaban J connectivity index is 1.60. The van der Waals surface area contributed by atoms with Crippen LogP contribution in [-0.4, -0.2) is 26.7 Å². The minimum Gasteiger partial charge on any atom is -0.503 e. The van der Waals surface area contributed by atoms with Gasteiger partial charge in [0.05, 0.1) is 17.8 Å². The summed E-state index contributed by atoms with van der Waals surface area (Å²) >= 11 is 4.85. The topological polar surface area (TPSA) is 83.6 Å². The Bertz CT molecular complexity index is 1390. The van der Waals surface area contributed by atoms with Crippen LogP contribution in [0.1, 0.15) is 32.7 Å². The molecule has 1 unspecified atom stereocenters. The average molecular weight is 509 g/mol. The molecule has 0 saturated carbocycles. The number of rotatable bonds is 5. The number of halogens is 1. The fraction of sp³-hybridized carbons (Fsp3) is 0.125. The molecule has 8 heteroatoms. The number of aliphatic hydroxyl groups excluding tert-OH is 1. The zero-order valence-corrected chi connectivity index (χ0v) is 19.3. The van der Waals surface area contributed by atoms with E-state index >= 15 is 0 Å². The van der Waals surface area contributed by atoms with Crippen LogP contribution in [0, 0.1) is 6.92 Å². The fourth-order valence-corrected chi connectivity index (χ4v) is 5.34. The Hall–Kier alpha value is -3.23. The quantitative estimate of drug-likeness (QED) is 0.347. The Morgan fingerprint density at radius 1 is 1.25 bits per heavy atom. The third-order valence-electron chi connectivity index (χ3n) is 5.46. The van der Waals surface area contributed by atoms with Crippen molar-refractivity contribution in [2.24, 2.45) is 0 Å². The van der Waals surface area contributed by atoms with Crippen LogP contribution in [0.25, 0.3) is 11.0 Å². The van der Waals surface area contributed by atoms with Gasteiger partial charge in [-0.25, -0.2) is 0 Å². The number of aliphatic hydroxyl groups is 1. The third kappa shape index (κ3) is 3.45. The van der Waals surface area contributed by atoms with Crippen molar-refractivity contribution in [1.29, 1.82) is 0 Å². The summed E-state index contributed by atoms with van der Waals surface area (Å²) in [5.74, 6) is -1.59. The Morgan fingerprint density at radius 3 is 2.81 bits per heavy atom. The van der Waals surface area contributed by atoms with Gasteiger partial charge in [-0.3, -0.25) is 14.6 Å². The maximum Gasteiger partial charge on any atom is 0.290 e. The number of amides is 1. The SMILES string of the molecule is Cc1ccsc1C1C(C(=O)c2cc3cc(Br)ccc3o2)=C(O)C(=O)N1Cc1ccccn1. The van der Waals surface area contributed by atoms with Gasteiger partial charge in [0.2, 0.25) is 5.78 Å². The van der Waals surface area contributed by atoms with Gasteiger partial charge < -0.3 is 14.4 Å². The molecule has 4 heterocycles. The maximum atomic E-state index is 13.6. The number of aromatic nitrogens is 1. The van der Waals surface area contributed by atoms with Crippen LogP contribution in [0.3, 0.4) is 0 Å². The normalized spacial score (nSPS) is 16.4. The number of hydrogen-bond donors (Lipinski definition) is 1. The van der Waals surface area contributed by atoms with E-state index in [2.05, 4.69) is 20.9 Å². The molecule has 1 N–H and O–H groups in total. The Labute approximate surface area is 195 Å². The van der Waals surface area contributed by atoms with Crippen LogP contribution in [0.2, 0.25) is 0 Å². The van der Waals surface area contributed by atoms with E-state index in [0.29, 0.717) is 11.3 Å². The lowest BCUT2D eigenvalue weighted by molar-refractivity contribution is -0.130. The summed E-state index contributed by atoms with van der Waals surface area (Å²) in [5.41, 5.74) is 2.17. The summed E-state index contributed by atoms with van der Waals surface area (Å²) in [4.78, 5) is 33.3. The number of thiophene rings is 1. The minimum atomic E-state index is -0.725. The van der Waals surface area contributed by atoms with E-state index in [1.807, 2.05) is 36.6 Å². The first kappa shape index (κ1) is 20.7. The number of hydrogen-bond acceptors (Lipinski definition) is 6. The van der Waals surface area contributed by atoms with Crippen molar-refractivity contribution in [2.75, 3.05) is 0 Å². The standard InChI is InChI=1S/C24H17BrN2O4S/c1-13-7-9-32-23(13)20-19(21(28)18-11-14-10-15(25)5-6-17(14)31-18)22(29)24(30)27(20)12-16-4-2-3-8-26-16/h2-11,20,29H,12H2,1H3. The molecule has 0 spiro atoms. The van der Waals surface area contributed by atoms with Gasteiger partial charge in [0, 0.05) is 20.9 Å². The number of carbonyl (C=O) groups excluding carboxylic acids is 2. The van der Waals surface area contributed by atoms with Gasteiger partial charge in [-0.05, 0) is 60.3 Å². The molecule has 1 amide bonds. The number of pyridine rings is 1. The molecule has 1 aliphatic rings. The molecule has 32 heavy (non-hydrogen) atoms. The minimum absolute atomic E-state index is 0.0228. The highest BCUT2D eigenvalue weighted by Gasteiger charge is 2.45. The van der Waals surface area contributed by atoms with Crippen molar-refractivity contribution < 1.29 is 19.1 Å². The number of aryl methyl sites for hydroxylation is 1. The van der Waals surface area contributed by atoms with Crippen LogP contribution in [0.4, 0.5) is 0 Å². The smallest absolute Gasteiger partial charge is 0.290 e. The zero-order chi connectivity index (χ0) is 22.4. The van der Waals surface area contributed by atoms with Crippen LogP contribution in [0.15, 0.2) is 80.3 Å². The summed E-state index contributed by atoms with van der Waals surface area (Å²) in [6.45, 7) is 2.08. The molecule has 0 saturated heterocycles. The number of ketones is 1. The summed E-state index contributed by atoms with van der Waals surface area (Å²) < 4.78 is 6.63. The van der Waals surface area contributed by atoms with Gasteiger partial charge in [-0.2, -0.15) is 0 Å². The number of furan rings is 1. The molecule has 160 valence electrons. The van der Waals surface area contributed by atoms with E-state index in [0.717, 1.165) is 20.3 Å². The lowest BCUT2D eigenvalue weighted by Gasteiger charge is -2.26. The fourth-order valence-electron chi connectivity index (χ4n) is 3.91. The van der Waals surface area contributed by atoms with Crippen molar-refractivity contribution >= 4 is 49.9 Å². The molecule has 0 bridgehead atoms. The summed E-state index contributed by atoms with van der Waals surface area (Å²) in [6, 6.07) is 13.7. The molecule has 1 aromatic carbocycles. The second-order valence-corrected chi connectivity index (χ2v) is 9.37. The Morgan fingerprint density at radius 2 is 2.09 bits per heavy atom. The molecular formula is C24H17BrN2O4S. The molecule has 0 aliphatic carbocycles. The highest BCUT2D eigenvalue weighted by Crippen LogP contribution is 2.43. The van der Waals surface area contributed by atoms with E-state index in [4.69, 9.17) is 4.42 Å². The van der Waals surface area contributed by atoms with Gasteiger partial charge in [0.25, 0.3) is 5.91 Å². The molecule has 3 aromatic heterocycles. The predicted molar refractivity (Wildman–Crippen MR) is 124 cm³/mol. The number of fused-ring (bicyclic) bond motifs is 1. The van der Waals surface area contributed by atoms with E-state index in [1.165, 1.54) is 16.2 Å². The average Bonchev–Trinajstić information content (AvgIpc) is 3.46. The molecule has 6 nitrogen and oxygen atoms in total. The van der Waals surface area contributed by atoms with Crippen LogP contribution in [0.5, 0.6) is 0 Å². The largest absolute Gasteiger partial charge is 0.503 e.